The largest absolute Gasteiger partial charge is 0.456 e. The lowest BCUT2D eigenvalue weighted by molar-refractivity contribution is 0.668. The highest BCUT2D eigenvalue weighted by Crippen LogP contribution is 2.52. The summed E-state index contributed by atoms with van der Waals surface area (Å²) in [5, 5.41) is 11.5. The third kappa shape index (κ3) is 15.5. The Labute approximate surface area is 895 Å². The van der Waals surface area contributed by atoms with Crippen molar-refractivity contribution in [3.63, 3.8) is 0 Å². The molecule has 27 aromatic carbocycles. The van der Waals surface area contributed by atoms with Crippen LogP contribution in [0.3, 0.4) is 0 Å². The fraction of sp³-hybridized carbons (Fsp3) is 0. The third-order valence-electron chi connectivity index (χ3n) is 28.7. The van der Waals surface area contributed by atoms with Crippen LogP contribution in [-0.4, -0.2) is 0 Å². The highest BCUT2D eigenvalue weighted by atomic mass is 16.3. The molecule has 0 bridgehead atoms. The van der Waals surface area contributed by atoms with Crippen LogP contribution in [0.15, 0.2) is 571 Å². The van der Waals surface area contributed by atoms with Crippen molar-refractivity contribution in [2.24, 2.45) is 0 Å². The molecule has 0 fully saturated rings. The minimum atomic E-state index is -0.434. The van der Waals surface area contributed by atoms with Gasteiger partial charge in [0.25, 0.3) is 0 Å². The molecule has 3 aromatic heterocycles. The van der Waals surface area contributed by atoms with Crippen molar-refractivity contribution in [1.29, 1.82) is 0 Å². The lowest BCUT2D eigenvalue weighted by Gasteiger charge is -2.17. The van der Waals surface area contributed by atoms with Gasteiger partial charge in [-0.2, -0.15) is 0 Å². The molecular weight excluding hydrogens is 1800 g/mol. The smallest absolute Gasteiger partial charge is 0.136 e. The Bertz CT molecular complexity index is 11900. The van der Waals surface area contributed by atoms with E-state index in [0.717, 1.165) is 132 Å². The van der Waals surface area contributed by atoms with E-state index >= 15 is 0 Å². The predicted molar refractivity (Wildman–Crippen MR) is 632 cm³/mol. The van der Waals surface area contributed by atoms with E-state index in [1.165, 1.54) is 0 Å². The van der Waals surface area contributed by atoms with Crippen LogP contribution in [0.1, 0.15) is 32.9 Å². The zero-order chi connectivity index (χ0) is 119. The molecule has 0 amide bonds. The molecule has 3 nitrogen and oxygen atoms in total. The quantitative estimate of drug-likeness (QED) is 0.0853. The van der Waals surface area contributed by atoms with Crippen LogP contribution in [-0.2, 0) is 0 Å². The first-order chi connectivity index (χ1) is 83.9. The summed E-state index contributed by atoms with van der Waals surface area (Å²) in [4.78, 5) is 0. The van der Waals surface area contributed by atoms with Gasteiger partial charge in [0, 0.05) is 32.3 Å². The topological polar surface area (TPSA) is 39.4 Å². The summed E-state index contributed by atoms with van der Waals surface area (Å²) < 4.78 is 235. The number of rotatable bonds is 13. The van der Waals surface area contributed by atoms with Gasteiger partial charge in [0.05, 0.1) is 32.9 Å². The lowest BCUT2D eigenvalue weighted by Crippen LogP contribution is -1.90. The molecule has 0 spiro atoms. The molecule has 0 saturated heterocycles. The van der Waals surface area contributed by atoms with Gasteiger partial charge in [-0.3, -0.25) is 0 Å². The highest BCUT2D eigenvalue weighted by molar-refractivity contribution is 6.27. The molecule has 0 unspecified atom stereocenters. The zero-order valence-electron chi connectivity index (χ0n) is 103. The van der Waals surface area contributed by atoms with Crippen molar-refractivity contribution in [3.8, 4) is 145 Å². The molecule has 0 aliphatic carbocycles. The Morgan fingerprint density at radius 1 is 0.121 bits per heavy atom. The molecule has 0 N–H and O–H groups in total. The monoisotopic (exact) mass is 1920 g/mol. The number of hydrogen-bond donors (Lipinski definition) is 0. The molecule has 30 rings (SSSR count). The molecule has 149 heavy (non-hydrogen) atoms. The second-order valence-electron chi connectivity index (χ2n) is 37.1. The molecular formula is C146H92O3. The van der Waals surface area contributed by atoms with Gasteiger partial charge in [-0.25, -0.2) is 0 Å². The van der Waals surface area contributed by atoms with Crippen molar-refractivity contribution in [2.45, 2.75) is 0 Å². The van der Waals surface area contributed by atoms with Gasteiger partial charge >= 0.3 is 0 Å². The van der Waals surface area contributed by atoms with Crippen molar-refractivity contribution in [3.05, 3.63) is 558 Å². The van der Waals surface area contributed by atoms with E-state index < -0.39 is 72.5 Å². The van der Waals surface area contributed by atoms with E-state index in [9.17, 15) is 16.4 Å². The molecule has 0 aliphatic heterocycles. The number of benzene rings is 27. The van der Waals surface area contributed by atoms with Gasteiger partial charge in [0.15, 0.2) is 0 Å². The minimum absolute atomic E-state index is 0.175. The number of furan rings is 3. The zero-order valence-corrected chi connectivity index (χ0v) is 79.5. The molecule has 0 saturated carbocycles. The Hall–Kier alpha value is -19.6. The molecule has 694 valence electrons. The SMILES string of the molecule is [2H]c1c([2H])c([2H])c2c(-c3ccc4oc5cc(-c6ccc(-c7ccccc7)cc6-c6ccccc6)ccc5c4c3)c3c([2H])c([2H])c([2H])c([2H])c3c(-c3ccccc3)c2c1[2H].[2H]c1c([2H])c([2H])c2c(-c3ccc4oc5ccc(-c6cccc(-c7ccc(-c8ccccc8)cc7)c6)cc5c4c3)c3c([2H])c([2H])c([2H])c([2H])c3c(-c3ccccc3)c2c1[2H].[2H]c1c([2H])c([2H])c2c(-c3ccc4oc5cccc(-c6cccc7c6ccc6ccccc67)c5c4c3)c3c([2H])c([2H])c([2H])c([2H])c3c(-c3ccccc3)c2c1[2H]. The van der Waals surface area contributed by atoms with Crippen LogP contribution >= 0.6 is 0 Å². The molecule has 0 atom stereocenters. The molecule has 0 radical (unpaired) electrons. The summed E-state index contributed by atoms with van der Waals surface area (Å²) in [5.41, 5.74) is 23.8. The second-order valence-corrected chi connectivity index (χ2v) is 37.1. The van der Waals surface area contributed by atoms with Gasteiger partial charge in [0.1, 0.15) is 33.5 Å². The Morgan fingerprint density at radius 3 is 0.879 bits per heavy atom. The average molecular weight is 1920 g/mol. The number of fused-ring (bicyclic) bond motifs is 18. The molecule has 0 aliphatic rings. The first-order valence-electron chi connectivity index (χ1n) is 61.2. The summed E-state index contributed by atoms with van der Waals surface area (Å²) in [6.07, 6.45) is 0. The summed E-state index contributed by atoms with van der Waals surface area (Å²) >= 11 is 0. The van der Waals surface area contributed by atoms with Gasteiger partial charge in [-0.05, 0) is 310 Å². The van der Waals surface area contributed by atoms with Crippen molar-refractivity contribution >= 4 is 152 Å². The van der Waals surface area contributed by atoms with Crippen LogP contribution in [0, 0.1) is 0 Å². The average Bonchev–Trinajstić information content (AvgIpc) is 1.32. The van der Waals surface area contributed by atoms with E-state index in [0.29, 0.717) is 100 Å². The van der Waals surface area contributed by atoms with Crippen LogP contribution in [0.25, 0.3) is 297 Å². The maximum Gasteiger partial charge on any atom is 0.136 e. The summed E-state index contributed by atoms with van der Waals surface area (Å²) in [6, 6.07) is 126. The van der Waals surface area contributed by atoms with Crippen LogP contribution < -0.4 is 0 Å². The van der Waals surface area contributed by atoms with Crippen LogP contribution in [0.2, 0.25) is 0 Å². The van der Waals surface area contributed by atoms with Crippen molar-refractivity contribution in [2.75, 3.05) is 0 Å². The number of hydrogen-bond acceptors (Lipinski definition) is 3. The first kappa shape index (κ1) is 65.6. The van der Waals surface area contributed by atoms with Gasteiger partial charge in [-0.15, -0.1) is 0 Å². The lowest BCUT2D eigenvalue weighted by atomic mass is 9.85. The second kappa shape index (κ2) is 37.0. The standard InChI is InChI=1S/2C50H32O.C46H28O/c1-4-14-33(15-5-1)36-24-27-39(45(30-36)34-16-6-2-7-17-34)37-25-28-40-46-31-38(26-29-47(46)51-48(40)32-37)50-43-22-12-10-20-41(43)49(35-18-8-3-9-19-35)42-21-11-13-23-44(42)50;1-3-12-33(13-4-1)34-22-24-35(25-23-34)37-16-11-17-38(30-37)39-26-28-47-45(31-39)46-32-40(27-29-48(46)51-47)50-43-20-9-7-18-41(43)49(36-14-5-2-6-15-36)42-19-8-10-21-44(42)50;1-2-13-30(14-3-1)44-37-16-6-8-18-39(37)45(40-19-9-7-17-38(40)44)31-25-27-42-41(28-31)46-36(22-11-23-43(46)47-42)34-21-10-20-33-32-15-5-4-12-29(32)24-26-35(33)34/h2*1-32H;1-28H/i10D,11D,12D,13D,20D,21D,22D,23D;7D,8D,9D,10D,18D,19D,20D,21D;6D,7D,8D,9D,16D,17D,18D,19D. The van der Waals surface area contributed by atoms with Gasteiger partial charge in [0.2, 0.25) is 0 Å². The summed E-state index contributed by atoms with van der Waals surface area (Å²) in [5.74, 6) is 0. The Morgan fingerprint density at radius 2 is 0.409 bits per heavy atom. The molecule has 3 heterocycles. The van der Waals surface area contributed by atoms with E-state index in [-0.39, 0.29) is 137 Å². The van der Waals surface area contributed by atoms with Crippen molar-refractivity contribution in [1.82, 2.24) is 0 Å². The predicted octanol–water partition coefficient (Wildman–Crippen LogP) is 41.7. The maximum atomic E-state index is 9.31. The summed E-state index contributed by atoms with van der Waals surface area (Å²) in [7, 11) is 0. The van der Waals surface area contributed by atoms with Gasteiger partial charge < -0.3 is 13.3 Å². The maximum absolute atomic E-state index is 9.31. The van der Waals surface area contributed by atoms with E-state index in [2.05, 4.69) is 158 Å². The highest BCUT2D eigenvalue weighted by Gasteiger charge is 2.26. The molecule has 3 heteroatoms. The Balaban J connectivity index is 0.000000120. The van der Waals surface area contributed by atoms with Gasteiger partial charge in [-0.1, -0.05) is 479 Å². The first-order valence-corrected chi connectivity index (χ1v) is 49.2. The van der Waals surface area contributed by atoms with Crippen molar-refractivity contribution < 1.29 is 46.1 Å². The molecule has 30 aromatic rings. The Kier molecular flexibility index (Phi) is 16.3. The van der Waals surface area contributed by atoms with E-state index in [1.54, 1.807) is 91.0 Å². The fourth-order valence-corrected chi connectivity index (χ4v) is 21.9. The normalized spacial score (nSPS) is 13.9. The van der Waals surface area contributed by atoms with Crippen LogP contribution in [0.5, 0.6) is 0 Å². The van der Waals surface area contributed by atoms with E-state index in [1.807, 2.05) is 164 Å². The fourth-order valence-electron chi connectivity index (χ4n) is 21.9. The van der Waals surface area contributed by atoms with E-state index in [4.69, 9.17) is 29.7 Å². The van der Waals surface area contributed by atoms with Crippen LogP contribution in [0.4, 0.5) is 0 Å². The minimum Gasteiger partial charge on any atom is -0.456 e. The third-order valence-corrected chi connectivity index (χ3v) is 28.7. The summed E-state index contributed by atoms with van der Waals surface area (Å²) in [6.45, 7) is 0.